The van der Waals surface area contributed by atoms with E-state index in [1.54, 1.807) is 37.5 Å². The summed E-state index contributed by atoms with van der Waals surface area (Å²) in [6, 6.07) is 10.5. The average molecular weight is 556 g/mol. The van der Waals surface area contributed by atoms with Gasteiger partial charge in [-0.3, -0.25) is 18.9 Å². The predicted octanol–water partition coefficient (Wildman–Crippen LogP) is 3.92. The zero-order valence-electron chi connectivity index (χ0n) is 20.5. The normalized spacial score (nSPS) is 14.6. The molecule has 0 bridgehead atoms. The Morgan fingerprint density at radius 3 is 2.66 bits per heavy atom. The minimum atomic E-state index is -1.83. The number of halogens is 2. The molecule has 2 aromatic carbocycles. The van der Waals surface area contributed by atoms with E-state index in [-0.39, 0.29) is 33.8 Å². The number of aromatic nitrogens is 3. The van der Waals surface area contributed by atoms with Gasteiger partial charge in [0.05, 0.1) is 39.7 Å². The fourth-order valence-electron chi connectivity index (χ4n) is 4.28. The van der Waals surface area contributed by atoms with Crippen molar-refractivity contribution in [1.82, 2.24) is 19.9 Å². The second-order valence-electron chi connectivity index (χ2n) is 9.00. The molecular formula is C26H23ClFN5O4S. The third kappa shape index (κ3) is 4.86. The average Bonchev–Trinajstić information content (AvgIpc) is 3.70. The van der Waals surface area contributed by atoms with Crippen LogP contribution in [0.5, 0.6) is 5.88 Å². The first-order valence-corrected chi connectivity index (χ1v) is 13.2. The van der Waals surface area contributed by atoms with Crippen molar-refractivity contribution in [3.8, 4) is 17.0 Å². The molecule has 2 N–H and O–H groups in total. The summed E-state index contributed by atoms with van der Waals surface area (Å²) in [5.41, 5.74) is 1.30. The fraction of sp³-hybridized carbons (Fsp3) is 0.231. The van der Waals surface area contributed by atoms with Crippen LogP contribution in [0.3, 0.4) is 0 Å². The first-order valence-electron chi connectivity index (χ1n) is 11.6. The first kappa shape index (κ1) is 25.8. The number of hydrogen-bond donors (Lipinski definition) is 2. The monoisotopic (exact) mass is 555 g/mol. The van der Waals surface area contributed by atoms with E-state index in [0.717, 1.165) is 18.9 Å². The standard InChI is InChI=1S/C26H23ClFN5O4S/c1-29-25(35)26(7-8-26)13-33-14-31-20-5-3-15(9-18(20)24(33)34)16-10-21(23(37-2)30-12-16)32-38(36)22-6-4-17(28)11-19(22)27/h3-6,9-12,14,32H,7-8,13H2,1-2H3,(H,29,35). The molecule has 1 amide bonds. The molecule has 0 radical (unpaired) electrons. The van der Waals surface area contributed by atoms with Gasteiger partial charge in [0.15, 0.2) is 11.0 Å². The zero-order chi connectivity index (χ0) is 27.0. The molecule has 5 rings (SSSR count). The second-order valence-corrected chi connectivity index (χ2v) is 10.6. The Balaban J connectivity index is 1.49. The Morgan fingerprint density at radius 1 is 1.18 bits per heavy atom. The summed E-state index contributed by atoms with van der Waals surface area (Å²) in [6.07, 6.45) is 4.48. The van der Waals surface area contributed by atoms with Gasteiger partial charge < -0.3 is 10.1 Å². The number of nitrogens with zero attached hydrogens (tertiary/aromatic N) is 3. The Morgan fingerprint density at radius 2 is 1.97 bits per heavy atom. The highest BCUT2D eigenvalue weighted by molar-refractivity contribution is 7.86. The van der Waals surface area contributed by atoms with Crippen molar-refractivity contribution in [3.63, 3.8) is 0 Å². The van der Waals surface area contributed by atoms with Gasteiger partial charge in [-0.1, -0.05) is 17.7 Å². The number of amides is 1. The van der Waals surface area contributed by atoms with Gasteiger partial charge in [0, 0.05) is 25.4 Å². The Labute approximate surface area is 224 Å². The molecule has 1 saturated carbocycles. The molecule has 196 valence electrons. The maximum absolute atomic E-state index is 13.4. The molecule has 9 nitrogen and oxygen atoms in total. The number of carbonyl (C=O) groups excluding carboxylic acids is 1. The van der Waals surface area contributed by atoms with Crippen molar-refractivity contribution in [2.45, 2.75) is 24.3 Å². The second kappa shape index (κ2) is 10.1. The van der Waals surface area contributed by atoms with Gasteiger partial charge in [-0.05, 0) is 54.8 Å². The lowest BCUT2D eigenvalue weighted by atomic mass is 10.0. The molecule has 38 heavy (non-hydrogen) atoms. The number of rotatable bonds is 8. The summed E-state index contributed by atoms with van der Waals surface area (Å²) in [6.45, 7) is 0.259. The van der Waals surface area contributed by atoms with Crippen LogP contribution < -0.4 is 20.3 Å². The third-order valence-corrected chi connectivity index (χ3v) is 8.12. The number of fused-ring (bicyclic) bond motifs is 1. The lowest BCUT2D eigenvalue weighted by Gasteiger charge is -2.15. The van der Waals surface area contributed by atoms with Gasteiger partial charge in [-0.25, -0.2) is 18.6 Å². The minimum Gasteiger partial charge on any atom is -0.480 e. The minimum absolute atomic E-state index is 0.0154. The van der Waals surface area contributed by atoms with Crippen LogP contribution in [0.4, 0.5) is 10.1 Å². The Hall–Kier alpha value is -3.83. The number of hydrogen-bond acceptors (Lipinski definition) is 6. The van der Waals surface area contributed by atoms with E-state index >= 15 is 0 Å². The van der Waals surface area contributed by atoms with E-state index in [1.165, 1.54) is 30.1 Å². The summed E-state index contributed by atoms with van der Waals surface area (Å²) in [4.78, 5) is 34.5. The van der Waals surface area contributed by atoms with Gasteiger partial charge in [-0.15, -0.1) is 0 Å². The molecule has 0 aliphatic heterocycles. The molecule has 1 aliphatic rings. The largest absolute Gasteiger partial charge is 0.480 e. The van der Waals surface area contributed by atoms with Gasteiger partial charge in [-0.2, -0.15) is 0 Å². The SMILES string of the molecule is CNC(=O)C1(Cn2cnc3ccc(-c4cnc(OC)c(NS(=O)c5ccc(F)cc5Cl)c4)cc3c2=O)CC1. The molecule has 0 saturated heterocycles. The van der Waals surface area contributed by atoms with Crippen LogP contribution in [-0.2, 0) is 22.3 Å². The lowest BCUT2D eigenvalue weighted by Crippen LogP contribution is -2.35. The summed E-state index contributed by atoms with van der Waals surface area (Å²) in [5.74, 6) is -0.432. The van der Waals surface area contributed by atoms with E-state index in [4.69, 9.17) is 16.3 Å². The molecule has 1 fully saturated rings. The summed E-state index contributed by atoms with van der Waals surface area (Å²) in [5, 5.41) is 3.08. The number of pyridine rings is 1. The van der Waals surface area contributed by atoms with Crippen molar-refractivity contribution in [1.29, 1.82) is 0 Å². The van der Waals surface area contributed by atoms with Gasteiger partial charge >= 0.3 is 0 Å². The zero-order valence-corrected chi connectivity index (χ0v) is 22.0. The van der Waals surface area contributed by atoms with Crippen LogP contribution in [-0.4, -0.2) is 38.8 Å². The van der Waals surface area contributed by atoms with E-state index < -0.39 is 22.2 Å². The van der Waals surface area contributed by atoms with Crippen molar-refractivity contribution >= 4 is 45.1 Å². The topological polar surface area (TPSA) is 115 Å². The summed E-state index contributed by atoms with van der Waals surface area (Å²) >= 11 is 6.06. The Bertz CT molecular complexity index is 1660. The van der Waals surface area contributed by atoms with Crippen LogP contribution in [0.25, 0.3) is 22.0 Å². The van der Waals surface area contributed by atoms with E-state index in [2.05, 4.69) is 20.0 Å². The summed E-state index contributed by atoms with van der Waals surface area (Å²) in [7, 11) is 1.18. The van der Waals surface area contributed by atoms with Crippen molar-refractivity contribution in [2.75, 3.05) is 18.9 Å². The number of nitrogens with one attached hydrogen (secondary N) is 2. The fourth-order valence-corrected chi connectivity index (χ4v) is 5.54. The molecule has 4 aromatic rings. The number of ether oxygens (including phenoxy) is 1. The van der Waals surface area contributed by atoms with E-state index in [0.29, 0.717) is 27.7 Å². The van der Waals surface area contributed by atoms with Crippen LogP contribution in [0.2, 0.25) is 5.02 Å². The molecule has 1 atom stereocenters. The number of methoxy groups -OCH3 is 1. The number of benzene rings is 2. The molecule has 2 aromatic heterocycles. The maximum atomic E-state index is 13.4. The maximum Gasteiger partial charge on any atom is 0.261 e. The van der Waals surface area contributed by atoms with E-state index in [9.17, 15) is 18.2 Å². The van der Waals surface area contributed by atoms with Crippen molar-refractivity contribution in [3.05, 3.63) is 76.2 Å². The van der Waals surface area contributed by atoms with Crippen LogP contribution in [0.1, 0.15) is 12.8 Å². The summed E-state index contributed by atoms with van der Waals surface area (Å²) < 4.78 is 36.0. The quantitative estimate of drug-likeness (QED) is 0.340. The van der Waals surface area contributed by atoms with Crippen molar-refractivity contribution in [2.24, 2.45) is 5.41 Å². The van der Waals surface area contributed by atoms with Crippen molar-refractivity contribution < 1.29 is 18.1 Å². The highest BCUT2D eigenvalue weighted by Crippen LogP contribution is 2.47. The van der Waals surface area contributed by atoms with Gasteiger partial charge in [0.2, 0.25) is 11.8 Å². The highest BCUT2D eigenvalue weighted by Gasteiger charge is 2.49. The van der Waals surface area contributed by atoms with Gasteiger partial charge in [0.1, 0.15) is 11.5 Å². The molecule has 1 aliphatic carbocycles. The molecule has 1 unspecified atom stereocenters. The molecule has 2 heterocycles. The molecule has 12 heteroatoms. The number of carbonyl (C=O) groups is 1. The number of anilines is 1. The van der Waals surface area contributed by atoms with Crippen LogP contribution >= 0.6 is 11.6 Å². The van der Waals surface area contributed by atoms with Crippen LogP contribution in [0.15, 0.2) is 64.7 Å². The van der Waals surface area contributed by atoms with Gasteiger partial charge in [0.25, 0.3) is 5.56 Å². The third-order valence-electron chi connectivity index (χ3n) is 6.53. The Kier molecular flexibility index (Phi) is 6.89. The molecular weight excluding hydrogens is 533 g/mol. The lowest BCUT2D eigenvalue weighted by molar-refractivity contribution is -0.126. The molecule has 0 spiro atoms. The first-order chi connectivity index (χ1) is 18.2. The smallest absolute Gasteiger partial charge is 0.261 e. The predicted molar refractivity (Wildman–Crippen MR) is 143 cm³/mol. The van der Waals surface area contributed by atoms with Crippen LogP contribution in [0, 0.1) is 11.2 Å². The van der Waals surface area contributed by atoms with E-state index in [1.807, 2.05) is 0 Å². The highest BCUT2D eigenvalue weighted by atomic mass is 35.5.